The molecule has 0 spiro atoms. The first-order valence-electron chi connectivity index (χ1n) is 7.79. The van der Waals surface area contributed by atoms with Gasteiger partial charge in [0.05, 0.1) is 5.52 Å². The van der Waals surface area contributed by atoms with Crippen molar-refractivity contribution < 1.29 is 4.79 Å². The van der Waals surface area contributed by atoms with Crippen molar-refractivity contribution in [2.24, 2.45) is 17.6 Å². The zero-order valence-electron chi connectivity index (χ0n) is 12.5. The molecule has 0 aliphatic heterocycles. The third-order valence-corrected chi connectivity index (χ3v) is 5.05. The summed E-state index contributed by atoms with van der Waals surface area (Å²) in [7, 11) is 0. The van der Waals surface area contributed by atoms with E-state index < -0.39 is 0 Å². The second-order valence-corrected chi connectivity index (χ2v) is 6.22. The third-order valence-electron chi connectivity index (χ3n) is 5.05. The number of hydrogen-bond acceptors (Lipinski definition) is 2. The van der Waals surface area contributed by atoms with Gasteiger partial charge in [-0.3, -0.25) is 9.78 Å². The van der Waals surface area contributed by atoms with Gasteiger partial charge in [0.25, 0.3) is 0 Å². The Morgan fingerprint density at radius 1 is 1.19 bits per heavy atom. The number of nitrogens with zero attached hydrogens (tertiary/aromatic N) is 1. The molecule has 3 rings (SSSR count). The number of benzene rings is 1. The van der Waals surface area contributed by atoms with Gasteiger partial charge >= 0.3 is 0 Å². The summed E-state index contributed by atoms with van der Waals surface area (Å²) in [5, 5.41) is 1.27. The van der Waals surface area contributed by atoms with Gasteiger partial charge in [-0.2, -0.15) is 0 Å². The summed E-state index contributed by atoms with van der Waals surface area (Å²) in [4.78, 5) is 15.8. The Kier molecular flexibility index (Phi) is 3.91. The first kappa shape index (κ1) is 14.1. The van der Waals surface area contributed by atoms with Crippen LogP contribution in [0.3, 0.4) is 0 Å². The summed E-state index contributed by atoms with van der Waals surface area (Å²) < 4.78 is 0. The molecule has 1 atom stereocenters. The topological polar surface area (TPSA) is 56.0 Å². The molecule has 21 heavy (non-hydrogen) atoms. The van der Waals surface area contributed by atoms with Crippen molar-refractivity contribution in [1.29, 1.82) is 0 Å². The Balaban J connectivity index is 1.79. The number of pyridine rings is 1. The van der Waals surface area contributed by atoms with E-state index in [2.05, 4.69) is 29.2 Å². The molecule has 1 aromatic heterocycles. The Hall–Kier alpha value is -1.90. The monoisotopic (exact) mass is 282 g/mol. The summed E-state index contributed by atoms with van der Waals surface area (Å²) in [5.74, 6) is 0.869. The summed E-state index contributed by atoms with van der Waals surface area (Å²) in [6.07, 6.45) is 6.36. The molecule has 1 aliphatic rings. The SMILES string of the molecule is C[C@H](C(N)=O)[C@H]1CC[C@@H](c2ccnc3ccccc32)CC1. The minimum atomic E-state index is -0.159. The lowest BCUT2D eigenvalue weighted by Crippen LogP contribution is -2.30. The number of rotatable bonds is 3. The van der Waals surface area contributed by atoms with Crippen LogP contribution in [0.1, 0.15) is 44.1 Å². The molecule has 0 unspecified atom stereocenters. The quantitative estimate of drug-likeness (QED) is 0.934. The van der Waals surface area contributed by atoms with Crippen LogP contribution < -0.4 is 5.73 Å². The van der Waals surface area contributed by atoms with Gasteiger partial charge in [0, 0.05) is 17.5 Å². The van der Waals surface area contributed by atoms with Crippen LogP contribution in [0.15, 0.2) is 36.5 Å². The second-order valence-electron chi connectivity index (χ2n) is 6.22. The molecule has 3 nitrogen and oxygen atoms in total. The number of fused-ring (bicyclic) bond motifs is 1. The van der Waals surface area contributed by atoms with E-state index in [0.717, 1.165) is 31.2 Å². The summed E-state index contributed by atoms with van der Waals surface area (Å²) in [6, 6.07) is 10.5. The minimum Gasteiger partial charge on any atom is -0.369 e. The highest BCUT2D eigenvalue weighted by atomic mass is 16.1. The van der Waals surface area contributed by atoms with Crippen molar-refractivity contribution in [3.05, 3.63) is 42.1 Å². The van der Waals surface area contributed by atoms with Gasteiger partial charge in [-0.15, -0.1) is 0 Å². The van der Waals surface area contributed by atoms with E-state index in [1.54, 1.807) is 0 Å². The maximum atomic E-state index is 11.3. The average molecular weight is 282 g/mol. The maximum absolute atomic E-state index is 11.3. The Labute approximate surface area is 125 Å². The number of para-hydroxylation sites is 1. The molecular weight excluding hydrogens is 260 g/mol. The lowest BCUT2D eigenvalue weighted by atomic mass is 9.73. The molecule has 3 heteroatoms. The zero-order valence-corrected chi connectivity index (χ0v) is 12.5. The molecule has 0 bridgehead atoms. The molecule has 2 aromatic rings. The molecule has 1 heterocycles. The summed E-state index contributed by atoms with van der Waals surface area (Å²) in [5.41, 5.74) is 7.92. The van der Waals surface area contributed by atoms with Crippen molar-refractivity contribution in [1.82, 2.24) is 4.98 Å². The first-order valence-corrected chi connectivity index (χ1v) is 7.79. The fourth-order valence-corrected chi connectivity index (χ4v) is 3.64. The number of nitrogens with two attached hydrogens (primary N) is 1. The minimum absolute atomic E-state index is 0.000124. The van der Waals surface area contributed by atoms with E-state index in [4.69, 9.17) is 5.73 Å². The molecule has 1 aliphatic carbocycles. The fraction of sp³-hybridized carbons (Fsp3) is 0.444. The number of primary amides is 1. The standard InChI is InChI=1S/C18H22N2O/c1-12(18(19)21)13-6-8-14(9-7-13)15-10-11-20-17-5-3-2-4-16(15)17/h2-5,10-14H,6-9H2,1H3,(H2,19,21)/t12-,13-,14+/m0/s1. The highest BCUT2D eigenvalue weighted by molar-refractivity contribution is 5.82. The third kappa shape index (κ3) is 2.78. The predicted molar refractivity (Wildman–Crippen MR) is 84.8 cm³/mol. The zero-order chi connectivity index (χ0) is 14.8. The van der Waals surface area contributed by atoms with Crippen LogP contribution in [0.2, 0.25) is 0 Å². The second kappa shape index (κ2) is 5.84. The lowest BCUT2D eigenvalue weighted by molar-refractivity contribution is -0.123. The molecule has 1 amide bonds. The highest BCUT2D eigenvalue weighted by Gasteiger charge is 2.29. The first-order chi connectivity index (χ1) is 10.2. The maximum Gasteiger partial charge on any atom is 0.220 e. The van der Waals surface area contributed by atoms with E-state index in [0.29, 0.717) is 11.8 Å². The molecule has 1 saturated carbocycles. The molecule has 2 N–H and O–H groups in total. The van der Waals surface area contributed by atoms with Crippen LogP contribution in [0.4, 0.5) is 0 Å². The van der Waals surface area contributed by atoms with Crippen molar-refractivity contribution in [2.75, 3.05) is 0 Å². The van der Waals surface area contributed by atoms with Crippen molar-refractivity contribution in [2.45, 2.75) is 38.5 Å². The summed E-state index contributed by atoms with van der Waals surface area (Å²) in [6.45, 7) is 1.97. The van der Waals surface area contributed by atoms with Crippen LogP contribution in [0, 0.1) is 11.8 Å². The number of amides is 1. The van der Waals surface area contributed by atoms with Gasteiger partial charge in [-0.25, -0.2) is 0 Å². The lowest BCUT2D eigenvalue weighted by Gasteiger charge is -2.31. The largest absolute Gasteiger partial charge is 0.369 e. The number of carbonyl (C=O) groups is 1. The molecule has 110 valence electrons. The van der Waals surface area contributed by atoms with Gasteiger partial charge in [0.2, 0.25) is 5.91 Å². The fourth-order valence-electron chi connectivity index (χ4n) is 3.64. The smallest absolute Gasteiger partial charge is 0.220 e. The van der Waals surface area contributed by atoms with E-state index in [9.17, 15) is 4.79 Å². The van der Waals surface area contributed by atoms with Crippen LogP contribution >= 0.6 is 0 Å². The van der Waals surface area contributed by atoms with Gasteiger partial charge < -0.3 is 5.73 Å². The highest BCUT2D eigenvalue weighted by Crippen LogP contribution is 2.40. The Bertz CT molecular complexity index is 639. The molecule has 0 saturated heterocycles. The Morgan fingerprint density at radius 3 is 2.62 bits per heavy atom. The van der Waals surface area contributed by atoms with Crippen molar-refractivity contribution in [3.63, 3.8) is 0 Å². The predicted octanol–water partition coefficient (Wildman–Crippen LogP) is 3.63. The number of aromatic nitrogens is 1. The number of hydrogen-bond donors (Lipinski definition) is 1. The van der Waals surface area contributed by atoms with Crippen LogP contribution in [-0.2, 0) is 4.79 Å². The molecule has 1 aromatic carbocycles. The number of carbonyl (C=O) groups excluding carboxylic acids is 1. The van der Waals surface area contributed by atoms with E-state index in [1.165, 1.54) is 10.9 Å². The molecule has 1 fully saturated rings. The molecular formula is C18H22N2O. The van der Waals surface area contributed by atoms with E-state index >= 15 is 0 Å². The van der Waals surface area contributed by atoms with Gasteiger partial charge in [-0.05, 0) is 55.2 Å². The van der Waals surface area contributed by atoms with Crippen molar-refractivity contribution >= 4 is 16.8 Å². The summed E-state index contributed by atoms with van der Waals surface area (Å²) >= 11 is 0. The van der Waals surface area contributed by atoms with Crippen molar-refractivity contribution in [3.8, 4) is 0 Å². The van der Waals surface area contributed by atoms with Crippen LogP contribution in [0.25, 0.3) is 10.9 Å². The van der Waals surface area contributed by atoms with Gasteiger partial charge in [0.1, 0.15) is 0 Å². The van der Waals surface area contributed by atoms with E-state index in [-0.39, 0.29) is 11.8 Å². The van der Waals surface area contributed by atoms with Crippen LogP contribution in [-0.4, -0.2) is 10.9 Å². The molecule has 0 radical (unpaired) electrons. The van der Waals surface area contributed by atoms with Crippen LogP contribution in [0.5, 0.6) is 0 Å². The normalized spacial score (nSPS) is 23.9. The van der Waals surface area contributed by atoms with E-state index in [1.807, 2.05) is 19.2 Å². The Morgan fingerprint density at radius 2 is 1.90 bits per heavy atom. The van der Waals surface area contributed by atoms with Gasteiger partial charge in [-0.1, -0.05) is 25.1 Å². The average Bonchev–Trinajstić information content (AvgIpc) is 2.53. The van der Waals surface area contributed by atoms with Gasteiger partial charge in [0.15, 0.2) is 0 Å².